The average Bonchev–Trinajstić information content (AvgIpc) is 3.27. The Balaban J connectivity index is 1.52. The van der Waals surface area contributed by atoms with Crippen LogP contribution in [0.25, 0.3) is 0 Å². The fourth-order valence-electron chi connectivity index (χ4n) is 3.54. The highest BCUT2D eigenvalue weighted by molar-refractivity contribution is 5.02. The number of aliphatic hydroxyl groups excluding tert-OH is 1. The number of aliphatic hydroxyl groups is 1. The van der Waals surface area contributed by atoms with Gasteiger partial charge in [-0.3, -0.25) is 0 Å². The topological polar surface area (TPSA) is 71.2 Å². The second-order valence-electron chi connectivity index (χ2n) is 6.95. The van der Waals surface area contributed by atoms with Gasteiger partial charge in [-0.1, -0.05) is 12.1 Å². The van der Waals surface area contributed by atoms with Crippen molar-refractivity contribution in [3.63, 3.8) is 0 Å². The SMILES string of the molecule is CCc1noc(C2CCC(NC(C)(CO)C3CC3)CC2)n1. The summed E-state index contributed by atoms with van der Waals surface area (Å²) in [6.07, 6.45) is 7.76. The maximum Gasteiger partial charge on any atom is 0.229 e. The third kappa shape index (κ3) is 3.29. The molecule has 1 unspecified atom stereocenters. The standard InChI is InChI=1S/C16H27N3O2/c1-3-14-17-15(21-19-14)11-4-8-13(9-5-11)18-16(2,10-20)12-6-7-12/h11-13,18,20H,3-10H2,1-2H3. The summed E-state index contributed by atoms with van der Waals surface area (Å²) in [5.41, 5.74) is -0.0859. The molecule has 2 aliphatic rings. The maximum atomic E-state index is 9.69. The van der Waals surface area contributed by atoms with Crippen LogP contribution in [0.1, 0.15) is 70.0 Å². The molecule has 2 saturated carbocycles. The van der Waals surface area contributed by atoms with Crippen LogP contribution < -0.4 is 5.32 Å². The molecule has 0 aliphatic heterocycles. The van der Waals surface area contributed by atoms with Gasteiger partial charge < -0.3 is 14.9 Å². The third-order valence-electron chi connectivity index (χ3n) is 5.22. The molecule has 5 heteroatoms. The average molecular weight is 293 g/mol. The molecule has 0 saturated heterocycles. The maximum absolute atomic E-state index is 9.69. The minimum absolute atomic E-state index is 0.0859. The largest absolute Gasteiger partial charge is 0.394 e. The van der Waals surface area contributed by atoms with Crippen LogP contribution in [0.3, 0.4) is 0 Å². The van der Waals surface area contributed by atoms with Crippen molar-refractivity contribution in [1.29, 1.82) is 0 Å². The van der Waals surface area contributed by atoms with E-state index in [0.29, 0.717) is 17.9 Å². The molecule has 2 aliphatic carbocycles. The summed E-state index contributed by atoms with van der Waals surface area (Å²) in [6.45, 7) is 4.45. The lowest BCUT2D eigenvalue weighted by molar-refractivity contribution is 0.129. The Morgan fingerprint density at radius 2 is 1.95 bits per heavy atom. The van der Waals surface area contributed by atoms with Gasteiger partial charge in [-0.2, -0.15) is 4.98 Å². The normalized spacial score (nSPS) is 29.3. The van der Waals surface area contributed by atoms with E-state index in [2.05, 4.69) is 22.4 Å². The Hall–Kier alpha value is -0.940. The van der Waals surface area contributed by atoms with E-state index < -0.39 is 0 Å². The van der Waals surface area contributed by atoms with Crippen LogP contribution in [0.2, 0.25) is 0 Å². The molecular weight excluding hydrogens is 266 g/mol. The summed E-state index contributed by atoms with van der Waals surface area (Å²) < 4.78 is 5.38. The van der Waals surface area contributed by atoms with Gasteiger partial charge in [-0.05, 0) is 51.4 Å². The summed E-state index contributed by atoms with van der Waals surface area (Å²) in [4.78, 5) is 4.47. The van der Waals surface area contributed by atoms with Gasteiger partial charge in [-0.15, -0.1) is 0 Å². The quantitative estimate of drug-likeness (QED) is 0.843. The Bertz CT molecular complexity index is 464. The van der Waals surface area contributed by atoms with Gasteiger partial charge in [0.1, 0.15) is 0 Å². The molecule has 3 rings (SSSR count). The van der Waals surface area contributed by atoms with Gasteiger partial charge in [0.2, 0.25) is 5.89 Å². The fraction of sp³-hybridized carbons (Fsp3) is 0.875. The number of nitrogens with zero attached hydrogens (tertiary/aromatic N) is 2. The molecule has 0 bridgehead atoms. The number of nitrogens with one attached hydrogen (secondary N) is 1. The molecule has 0 radical (unpaired) electrons. The molecule has 1 heterocycles. The van der Waals surface area contributed by atoms with Crippen molar-refractivity contribution in [3.05, 3.63) is 11.7 Å². The van der Waals surface area contributed by atoms with Gasteiger partial charge in [0, 0.05) is 23.9 Å². The van der Waals surface area contributed by atoms with E-state index in [4.69, 9.17) is 4.52 Å². The van der Waals surface area contributed by atoms with Crippen molar-refractivity contribution in [3.8, 4) is 0 Å². The fourth-order valence-corrected chi connectivity index (χ4v) is 3.54. The van der Waals surface area contributed by atoms with Crippen LogP contribution in [0.5, 0.6) is 0 Å². The smallest absolute Gasteiger partial charge is 0.229 e. The molecule has 2 N–H and O–H groups in total. The molecule has 0 amide bonds. The molecule has 21 heavy (non-hydrogen) atoms. The Kier molecular flexibility index (Phi) is 4.31. The zero-order valence-corrected chi connectivity index (χ0v) is 13.1. The number of aryl methyl sites for hydroxylation is 1. The predicted molar refractivity (Wildman–Crippen MR) is 80.0 cm³/mol. The van der Waals surface area contributed by atoms with Gasteiger partial charge in [-0.25, -0.2) is 0 Å². The van der Waals surface area contributed by atoms with Crippen molar-refractivity contribution in [2.24, 2.45) is 5.92 Å². The highest BCUT2D eigenvalue weighted by Gasteiger charge is 2.42. The van der Waals surface area contributed by atoms with Gasteiger partial charge in [0.05, 0.1) is 6.61 Å². The Morgan fingerprint density at radius 1 is 1.24 bits per heavy atom. The Labute approximate surface area is 126 Å². The lowest BCUT2D eigenvalue weighted by atomic mass is 9.84. The lowest BCUT2D eigenvalue weighted by Gasteiger charge is -2.37. The van der Waals surface area contributed by atoms with E-state index in [-0.39, 0.29) is 12.1 Å². The van der Waals surface area contributed by atoms with Crippen molar-refractivity contribution in [2.45, 2.75) is 76.3 Å². The second kappa shape index (κ2) is 6.05. The van der Waals surface area contributed by atoms with Gasteiger partial charge >= 0.3 is 0 Å². The number of rotatable bonds is 6. The second-order valence-corrected chi connectivity index (χ2v) is 6.95. The molecular formula is C16H27N3O2. The minimum atomic E-state index is -0.0859. The summed E-state index contributed by atoms with van der Waals surface area (Å²) in [5, 5.41) is 17.4. The first-order valence-electron chi connectivity index (χ1n) is 8.35. The molecule has 0 aromatic carbocycles. The van der Waals surface area contributed by atoms with Crippen LogP contribution >= 0.6 is 0 Å². The first kappa shape index (κ1) is 15.0. The monoisotopic (exact) mass is 293 g/mol. The molecule has 1 atom stereocenters. The third-order valence-corrected chi connectivity index (χ3v) is 5.22. The van der Waals surface area contributed by atoms with E-state index in [1.165, 1.54) is 12.8 Å². The number of hydrogen-bond donors (Lipinski definition) is 2. The van der Waals surface area contributed by atoms with E-state index >= 15 is 0 Å². The first-order valence-corrected chi connectivity index (χ1v) is 8.35. The highest BCUT2D eigenvalue weighted by atomic mass is 16.5. The van der Waals surface area contributed by atoms with Gasteiger partial charge in [0.25, 0.3) is 0 Å². The molecule has 2 fully saturated rings. The molecule has 1 aromatic rings. The van der Waals surface area contributed by atoms with E-state index in [1.54, 1.807) is 0 Å². The summed E-state index contributed by atoms with van der Waals surface area (Å²) in [5.74, 6) is 2.70. The summed E-state index contributed by atoms with van der Waals surface area (Å²) in [6, 6.07) is 0.507. The van der Waals surface area contributed by atoms with Crippen molar-refractivity contribution in [2.75, 3.05) is 6.61 Å². The van der Waals surface area contributed by atoms with Crippen LogP contribution in [0, 0.1) is 5.92 Å². The van der Waals surface area contributed by atoms with Crippen LogP contribution in [0.4, 0.5) is 0 Å². The molecule has 118 valence electrons. The predicted octanol–water partition coefficient (Wildman–Crippen LogP) is 2.41. The molecule has 0 spiro atoms. The van der Waals surface area contributed by atoms with Crippen LogP contribution in [-0.2, 0) is 6.42 Å². The first-order chi connectivity index (χ1) is 10.1. The van der Waals surface area contributed by atoms with Gasteiger partial charge in [0.15, 0.2) is 5.82 Å². The zero-order chi connectivity index (χ0) is 14.9. The Morgan fingerprint density at radius 3 is 2.48 bits per heavy atom. The molecule has 1 aromatic heterocycles. The van der Waals surface area contributed by atoms with E-state index in [1.807, 2.05) is 6.92 Å². The summed E-state index contributed by atoms with van der Waals surface area (Å²) in [7, 11) is 0. The van der Waals surface area contributed by atoms with Crippen LogP contribution in [0.15, 0.2) is 4.52 Å². The van der Waals surface area contributed by atoms with Crippen molar-refractivity contribution < 1.29 is 9.63 Å². The highest BCUT2D eigenvalue weighted by Crippen LogP contribution is 2.41. The van der Waals surface area contributed by atoms with E-state index in [0.717, 1.165) is 43.8 Å². The minimum Gasteiger partial charge on any atom is -0.394 e. The lowest BCUT2D eigenvalue weighted by Crippen LogP contribution is -2.53. The summed E-state index contributed by atoms with van der Waals surface area (Å²) >= 11 is 0. The van der Waals surface area contributed by atoms with Crippen LogP contribution in [-0.4, -0.2) is 33.4 Å². The zero-order valence-electron chi connectivity index (χ0n) is 13.1. The van der Waals surface area contributed by atoms with Crippen molar-refractivity contribution >= 4 is 0 Å². The number of hydrogen-bond acceptors (Lipinski definition) is 5. The number of aromatic nitrogens is 2. The van der Waals surface area contributed by atoms with E-state index in [9.17, 15) is 5.11 Å². The van der Waals surface area contributed by atoms with Crippen molar-refractivity contribution in [1.82, 2.24) is 15.5 Å². The molecule has 5 nitrogen and oxygen atoms in total.